The van der Waals surface area contributed by atoms with Crippen molar-refractivity contribution in [2.45, 2.75) is 11.8 Å². The first-order valence-electron chi connectivity index (χ1n) is 6.31. The number of hydrogen-bond acceptors (Lipinski definition) is 5. The van der Waals surface area contributed by atoms with E-state index in [4.69, 9.17) is 5.73 Å². The number of nitrogens with zero attached hydrogens (tertiary/aromatic N) is 1. The quantitative estimate of drug-likeness (QED) is 0.619. The summed E-state index contributed by atoms with van der Waals surface area (Å²) in [5.74, 6) is 4.89. The van der Waals surface area contributed by atoms with Crippen LogP contribution in [0.5, 0.6) is 0 Å². The third kappa shape index (κ3) is 4.56. The van der Waals surface area contributed by atoms with E-state index in [2.05, 4.69) is 16.6 Å². The molecule has 2 N–H and O–H groups in total. The van der Waals surface area contributed by atoms with Crippen molar-refractivity contribution in [2.24, 2.45) is 5.73 Å². The van der Waals surface area contributed by atoms with Crippen LogP contribution in [0.1, 0.15) is 12.5 Å². The molecule has 0 heterocycles. The molecule has 0 spiro atoms. The molecule has 0 saturated carbocycles. The van der Waals surface area contributed by atoms with Crippen LogP contribution in [-0.4, -0.2) is 45.4 Å². The number of benzene rings is 1. The van der Waals surface area contributed by atoms with Gasteiger partial charge in [-0.25, -0.2) is 8.42 Å². The van der Waals surface area contributed by atoms with Crippen molar-refractivity contribution in [3.05, 3.63) is 29.8 Å². The number of carbonyl (C=O) groups is 1. The lowest BCUT2D eigenvalue weighted by molar-refractivity contribution is -0.140. The fourth-order valence-corrected chi connectivity index (χ4v) is 2.98. The van der Waals surface area contributed by atoms with Crippen molar-refractivity contribution in [1.29, 1.82) is 0 Å². The van der Waals surface area contributed by atoms with Crippen LogP contribution in [0.15, 0.2) is 29.2 Å². The van der Waals surface area contributed by atoms with Crippen LogP contribution in [0.25, 0.3) is 0 Å². The summed E-state index contributed by atoms with van der Waals surface area (Å²) >= 11 is 0. The average Bonchev–Trinajstić information content (AvgIpc) is 2.50. The number of hydrogen-bond donors (Lipinski definition) is 1. The van der Waals surface area contributed by atoms with Gasteiger partial charge in [0.25, 0.3) is 0 Å². The molecule has 0 radical (unpaired) electrons. The van der Waals surface area contributed by atoms with Crippen LogP contribution in [0.3, 0.4) is 0 Å². The number of ether oxygens (including phenoxy) is 1. The molecule has 0 aliphatic rings. The van der Waals surface area contributed by atoms with Crippen molar-refractivity contribution >= 4 is 16.0 Å². The highest BCUT2D eigenvalue weighted by atomic mass is 32.2. The molecule has 0 unspecified atom stereocenters. The number of rotatable bonds is 5. The Morgan fingerprint density at radius 1 is 1.33 bits per heavy atom. The molecule has 6 nitrogen and oxygen atoms in total. The smallest absolute Gasteiger partial charge is 0.321 e. The second-order valence-corrected chi connectivity index (χ2v) is 5.98. The zero-order valence-corrected chi connectivity index (χ0v) is 12.8. The lowest BCUT2D eigenvalue weighted by Crippen LogP contribution is -2.36. The number of carbonyl (C=O) groups excluding carboxylic acids is 1. The van der Waals surface area contributed by atoms with Crippen molar-refractivity contribution in [2.75, 3.05) is 26.7 Å². The van der Waals surface area contributed by atoms with E-state index in [1.54, 1.807) is 19.1 Å². The van der Waals surface area contributed by atoms with Gasteiger partial charge in [0.1, 0.15) is 6.54 Å². The summed E-state index contributed by atoms with van der Waals surface area (Å²) in [6.45, 7) is 1.75. The van der Waals surface area contributed by atoms with E-state index < -0.39 is 16.0 Å². The number of likely N-dealkylation sites (N-methyl/N-ethyl adjacent to an activating group) is 1. The zero-order chi connectivity index (χ0) is 15.9. The van der Waals surface area contributed by atoms with Gasteiger partial charge in [0.2, 0.25) is 10.0 Å². The zero-order valence-electron chi connectivity index (χ0n) is 12.0. The van der Waals surface area contributed by atoms with E-state index in [9.17, 15) is 13.2 Å². The second-order valence-electron chi connectivity index (χ2n) is 4.04. The summed E-state index contributed by atoms with van der Waals surface area (Å²) in [6.07, 6.45) is 0. The Balaban J connectivity index is 3.03. The summed E-state index contributed by atoms with van der Waals surface area (Å²) in [7, 11) is -2.52. The van der Waals surface area contributed by atoms with Gasteiger partial charge < -0.3 is 10.5 Å². The number of sulfonamides is 1. The van der Waals surface area contributed by atoms with Crippen molar-refractivity contribution in [1.82, 2.24) is 4.31 Å². The highest BCUT2D eigenvalue weighted by Crippen LogP contribution is 2.16. The van der Waals surface area contributed by atoms with E-state index in [-0.39, 0.29) is 24.5 Å². The molecular formula is C14H18N2O4S. The Bertz CT molecular complexity index is 642. The molecule has 0 amide bonds. The highest BCUT2D eigenvalue weighted by Gasteiger charge is 2.25. The van der Waals surface area contributed by atoms with Crippen LogP contribution in [0, 0.1) is 11.8 Å². The number of nitrogens with two attached hydrogens (primary N) is 1. The number of methoxy groups -OCH3 is 1. The first-order valence-corrected chi connectivity index (χ1v) is 7.75. The monoisotopic (exact) mass is 310 g/mol. The maximum Gasteiger partial charge on any atom is 0.321 e. The predicted octanol–water partition coefficient (Wildman–Crippen LogP) is 0.180. The fourth-order valence-electron chi connectivity index (χ4n) is 1.59. The third-order valence-corrected chi connectivity index (χ3v) is 4.65. The molecule has 0 aromatic heterocycles. The van der Waals surface area contributed by atoms with E-state index in [0.717, 1.165) is 4.31 Å². The van der Waals surface area contributed by atoms with E-state index >= 15 is 0 Å². The molecular weight excluding hydrogens is 292 g/mol. The molecule has 114 valence electrons. The Kier molecular flexibility index (Phi) is 6.37. The Hall–Kier alpha value is -1.88. The van der Waals surface area contributed by atoms with E-state index in [1.165, 1.54) is 19.2 Å². The van der Waals surface area contributed by atoms with Gasteiger partial charge in [-0.05, 0) is 24.3 Å². The van der Waals surface area contributed by atoms with E-state index in [0.29, 0.717) is 5.56 Å². The third-order valence-electron chi connectivity index (χ3n) is 2.71. The highest BCUT2D eigenvalue weighted by molar-refractivity contribution is 7.89. The molecule has 0 atom stereocenters. The normalized spacial score (nSPS) is 10.9. The molecule has 0 bridgehead atoms. The van der Waals surface area contributed by atoms with Gasteiger partial charge in [-0.1, -0.05) is 18.8 Å². The van der Waals surface area contributed by atoms with E-state index in [1.807, 2.05) is 0 Å². The predicted molar refractivity (Wildman–Crippen MR) is 78.8 cm³/mol. The lowest BCUT2D eigenvalue weighted by atomic mass is 10.2. The van der Waals surface area contributed by atoms with Crippen molar-refractivity contribution in [3.63, 3.8) is 0 Å². The molecule has 7 heteroatoms. The molecule has 1 rings (SSSR count). The van der Waals surface area contributed by atoms with Crippen LogP contribution in [0.4, 0.5) is 0 Å². The molecule has 1 aromatic carbocycles. The van der Waals surface area contributed by atoms with Crippen LogP contribution in [-0.2, 0) is 19.6 Å². The minimum Gasteiger partial charge on any atom is -0.468 e. The fraction of sp³-hybridized carbons (Fsp3) is 0.357. The number of esters is 1. The lowest BCUT2D eigenvalue weighted by Gasteiger charge is -2.19. The molecule has 0 aliphatic heterocycles. The Morgan fingerprint density at radius 2 is 1.95 bits per heavy atom. The standard InChI is InChI=1S/C14H18N2O4S/c1-3-16(11-14(17)20-2)21(18,19)13-8-6-12(7-9-13)5-4-10-15/h6-9H,3,10-11,15H2,1-2H3. The topological polar surface area (TPSA) is 89.7 Å². The van der Waals surface area contributed by atoms with Crippen LogP contribution in [0.2, 0.25) is 0 Å². The van der Waals surface area contributed by atoms with Gasteiger partial charge in [0.05, 0.1) is 18.6 Å². The summed E-state index contributed by atoms with van der Waals surface area (Å²) < 4.78 is 30.4. The van der Waals surface area contributed by atoms with Gasteiger partial charge in [0, 0.05) is 12.1 Å². The summed E-state index contributed by atoms with van der Waals surface area (Å²) in [6, 6.07) is 6.11. The SMILES string of the molecule is CCN(CC(=O)OC)S(=O)(=O)c1ccc(C#CCN)cc1. The average molecular weight is 310 g/mol. The molecule has 21 heavy (non-hydrogen) atoms. The van der Waals surface area contributed by atoms with Gasteiger partial charge >= 0.3 is 5.97 Å². The first-order chi connectivity index (χ1) is 9.95. The van der Waals surface area contributed by atoms with Gasteiger partial charge in [-0.15, -0.1) is 0 Å². The Morgan fingerprint density at radius 3 is 2.43 bits per heavy atom. The Labute approximate surface area is 124 Å². The van der Waals surface area contributed by atoms with Crippen LogP contribution < -0.4 is 5.73 Å². The summed E-state index contributed by atoms with van der Waals surface area (Å²) in [4.78, 5) is 11.4. The van der Waals surface area contributed by atoms with Crippen molar-refractivity contribution in [3.8, 4) is 11.8 Å². The second kappa shape index (κ2) is 7.78. The van der Waals surface area contributed by atoms with Gasteiger partial charge in [0.15, 0.2) is 0 Å². The van der Waals surface area contributed by atoms with Gasteiger partial charge in [-0.3, -0.25) is 4.79 Å². The van der Waals surface area contributed by atoms with Crippen LogP contribution >= 0.6 is 0 Å². The molecule has 0 saturated heterocycles. The van der Waals surface area contributed by atoms with Crippen molar-refractivity contribution < 1.29 is 17.9 Å². The minimum atomic E-state index is -3.73. The molecule has 0 fully saturated rings. The summed E-state index contributed by atoms with van der Waals surface area (Å²) in [5.41, 5.74) is 5.95. The minimum absolute atomic E-state index is 0.103. The first kappa shape index (κ1) is 17.2. The maximum absolute atomic E-state index is 12.4. The van der Waals surface area contributed by atoms with Gasteiger partial charge in [-0.2, -0.15) is 4.31 Å². The maximum atomic E-state index is 12.4. The largest absolute Gasteiger partial charge is 0.468 e. The molecule has 1 aromatic rings. The molecule has 0 aliphatic carbocycles. The summed E-state index contributed by atoms with van der Waals surface area (Å²) in [5, 5.41) is 0.